The maximum Gasteiger partial charge on any atom is 0.276 e. The highest BCUT2D eigenvalue weighted by Gasteiger charge is 2.27. The number of nitrogens with zero attached hydrogens (tertiary/aromatic N) is 4. The SMILES string of the molecule is CCCN(C(=O)c1ccnn1C)c1ccc2c(c1)CCN(C1CCC1)CC2. The van der Waals surface area contributed by atoms with E-state index in [2.05, 4.69) is 35.1 Å². The van der Waals surface area contributed by atoms with Crippen molar-refractivity contribution in [2.45, 2.75) is 51.5 Å². The Morgan fingerprint density at radius 3 is 2.59 bits per heavy atom. The number of rotatable bonds is 5. The first-order valence-electron chi connectivity index (χ1n) is 10.3. The van der Waals surface area contributed by atoms with Crippen LogP contribution in [0.2, 0.25) is 0 Å². The maximum atomic E-state index is 13.1. The Kier molecular flexibility index (Phi) is 5.30. The molecule has 5 heteroatoms. The van der Waals surface area contributed by atoms with Gasteiger partial charge in [-0.25, -0.2) is 0 Å². The molecule has 1 aliphatic heterocycles. The third kappa shape index (κ3) is 3.65. The summed E-state index contributed by atoms with van der Waals surface area (Å²) in [5, 5.41) is 4.16. The van der Waals surface area contributed by atoms with Gasteiger partial charge in [-0.2, -0.15) is 5.10 Å². The summed E-state index contributed by atoms with van der Waals surface area (Å²) in [6.45, 7) is 5.15. The second kappa shape index (κ2) is 7.85. The molecule has 0 unspecified atom stereocenters. The van der Waals surface area contributed by atoms with E-state index >= 15 is 0 Å². The quantitative estimate of drug-likeness (QED) is 0.814. The second-order valence-corrected chi connectivity index (χ2v) is 7.87. The van der Waals surface area contributed by atoms with Crippen LogP contribution in [0.4, 0.5) is 5.69 Å². The molecule has 1 saturated carbocycles. The van der Waals surface area contributed by atoms with Gasteiger partial charge < -0.3 is 4.90 Å². The monoisotopic (exact) mass is 366 g/mol. The largest absolute Gasteiger partial charge is 0.307 e. The minimum atomic E-state index is 0.0292. The number of anilines is 1. The van der Waals surface area contributed by atoms with E-state index in [1.165, 1.54) is 36.9 Å². The molecule has 0 saturated heterocycles. The normalized spacial score (nSPS) is 17.9. The highest BCUT2D eigenvalue weighted by Crippen LogP contribution is 2.29. The third-order valence-corrected chi connectivity index (χ3v) is 6.16. The van der Waals surface area contributed by atoms with Gasteiger partial charge in [0, 0.05) is 44.6 Å². The van der Waals surface area contributed by atoms with Crippen LogP contribution in [0.5, 0.6) is 0 Å². The van der Waals surface area contributed by atoms with E-state index < -0.39 is 0 Å². The van der Waals surface area contributed by atoms with Crippen LogP contribution in [0.3, 0.4) is 0 Å². The highest BCUT2D eigenvalue weighted by atomic mass is 16.2. The standard InChI is InChI=1S/C22H30N4O/c1-3-13-26(22(27)21-9-12-23-24(21)2)20-8-7-17-10-14-25(19-5-4-6-19)15-11-18(17)16-20/h7-9,12,16,19H,3-6,10-11,13-15H2,1-2H3. The Bertz CT molecular complexity index is 808. The van der Waals surface area contributed by atoms with E-state index in [0.29, 0.717) is 5.69 Å². The second-order valence-electron chi connectivity index (χ2n) is 7.87. The first-order valence-corrected chi connectivity index (χ1v) is 10.3. The van der Waals surface area contributed by atoms with Gasteiger partial charge in [-0.3, -0.25) is 14.4 Å². The molecule has 27 heavy (non-hydrogen) atoms. The van der Waals surface area contributed by atoms with Gasteiger partial charge in [0.1, 0.15) is 5.69 Å². The summed E-state index contributed by atoms with van der Waals surface area (Å²) >= 11 is 0. The molecular weight excluding hydrogens is 336 g/mol. The summed E-state index contributed by atoms with van der Waals surface area (Å²) in [6.07, 6.45) is 8.94. The van der Waals surface area contributed by atoms with Crippen molar-refractivity contribution in [3.8, 4) is 0 Å². The summed E-state index contributed by atoms with van der Waals surface area (Å²) in [5.41, 5.74) is 4.51. The predicted molar refractivity (Wildman–Crippen MR) is 108 cm³/mol. The molecule has 1 fully saturated rings. The molecule has 1 aliphatic carbocycles. The van der Waals surface area contributed by atoms with Crippen LogP contribution in [0, 0.1) is 0 Å². The maximum absolute atomic E-state index is 13.1. The van der Waals surface area contributed by atoms with Crippen LogP contribution in [0.1, 0.15) is 54.2 Å². The molecule has 0 spiro atoms. The van der Waals surface area contributed by atoms with E-state index in [4.69, 9.17) is 0 Å². The number of hydrogen-bond acceptors (Lipinski definition) is 3. The van der Waals surface area contributed by atoms with Crippen LogP contribution >= 0.6 is 0 Å². The van der Waals surface area contributed by atoms with Crippen molar-refractivity contribution in [3.63, 3.8) is 0 Å². The van der Waals surface area contributed by atoms with E-state index in [0.717, 1.165) is 44.1 Å². The van der Waals surface area contributed by atoms with Crippen molar-refractivity contribution < 1.29 is 4.79 Å². The highest BCUT2D eigenvalue weighted by molar-refractivity contribution is 6.05. The van der Waals surface area contributed by atoms with Crippen molar-refractivity contribution in [1.29, 1.82) is 0 Å². The van der Waals surface area contributed by atoms with E-state index in [1.54, 1.807) is 16.9 Å². The van der Waals surface area contributed by atoms with Gasteiger partial charge >= 0.3 is 0 Å². The van der Waals surface area contributed by atoms with E-state index in [1.807, 2.05) is 11.9 Å². The number of hydrogen-bond donors (Lipinski definition) is 0. The predicted octanol–water partition coefficient (Wildman–Crippen LogP) is 3.43. The number of fused-ring (bicyclic) bond motifs is 1. The summed E-state index contributed by atoms with van der Waals surface area (Å²) in [6, 6.07) is 9.23. The van der Waals surface area contributed by atoms with Gasteiger partial charge in [0.25, 0.3) is 5.91 Å². The molecule has 0 radical (unpaired) electrons. The Morgan fingerprint density at radius 2 is 1.96 bits per heavy atom. The Morgan fingerprint density at radius 1 is 1.19 bits per heavy atom. The summed E-state index contributed by atoms with van der Waals surface area (Å²) in [5.74, 6) is 0.0292. The zero-order valence-corrected chi connectivity index (χ0v) is 16.5. The van der Waals surface area contributed by atoms with Gasteiger partial charge in [0.2, 0.25) is 0 Å². The van der Waals surface area contributed by atoms with Gasteiger partial charge in [0.15, 0.2) is 0 Å². The molecule has 2 aromatic rings. The van der Waals surface area contributed by atoms with Gasteiger partial charge in [0.05, 0.1) is 0 Å². The first kappa shape index (κ1) is 18.2. The summed E-state index contributed by atoms with van der Waals surface area (Å²) in [4.78, 5) is 17.7. The molecule has 1 aromatic heterocycles. The lowest BCUT2D eigenvalue weighted by atomic mass is 9.91. The lowest BCUT2D eigenvalue weighted by molar-refractivity contribution is 0.0978. The van der Waals surface area contributed by atoms with Gasteiger partial charge in [-0.05, 0) is 61.4 Å². The molecule has 2 heterocycles. The van der Waals surface area contributed by atoms with Gasteiger partial charge in [-0.1, -0.05) is 19.4 Å². The van der Waals surface area contributed by atoms with Crippen molar-refractivity contribution in [1.82, 2.24) is 14.7 Å². The van der Waals surface area contributed by atoms with Crippen LogP contribution in [-0.4, -0.2) is 46.3 Å². The van der Waals surface area contributed by atoms with Crippen molar-refractivity contribution in [3.05, 3.63) is 47.3 Å². The zero-order valence-electron chi connectivity index (χ0n) is 16.5. The van der Waals surface area contributed by atoms with Crippen LogP contribution < -0.4 is 4.90 Å². The molecule has 144 valence electrons. The molecule has 0 N–H and O–H groups in total. The molecule has 0 bridgehead atoms. The van der Waals surface area contributed by atoms with Crippen LogP contribution in [0.15, 0.2) is 30.5 Å². The smallest absolute Gasteiger partial charge is 0.276 e. The third-order valence-electron chi connectivity index (χ3n) is 6.16. The average molecular weight is 367 g/mol. The van der Waals surface area contributed by atoms with Crippen molar-refractivity contribution in [2.24, 2.45) is 7.05 Å². The number of carbonyl (C=O) groups is 1. The van der Waals surface area contributed by atoms with Crippen LogP contribution in [0.25, 0.3) is 0 Å². The number of aromatic nitrogens is 2. The molecule has 2 aliphatic rings. The fraction of sp³-hybridized carbons (Fsp3) is 0.545. The Hall–Kier alpha value is -2.14. The zero-order chi connectivity index (χ0) is 18.8. The van der Waals surface area contributed by atoms with E-state index in [9.17, 15) is 4.79 Å². The Balaban J connectivity index is 1.57. The fourth-order valence-electron chi connectivity index (χ4n) is 4.31. The number of amides is 1. The lowest BCUT2D eigenvalue weighted by Crippen LogP contribution is -2.41. The topological polar surface area (TPSA) is 41.4 Å². The fourth-order valence-corrected chi connectivity index (χ4v) is 4.31. The molecule has 1 aromatic carbocycles. The summed E-state index contributed by atoms with van der Waals surface area (Å²) < 4.78 is 1.66. The molecular formula is C22H30N4O. The Labute approximate surface area is 162 Å². The van der Waals surface area contributed by atoms with Gasteiger partial charge in [-0.15, -0.1) is 0 Å². The molecule has 4 rings (SSSR count). The number of carbonyl (C=O) groups excluding carboxylic acids is 1. The van der Waals surface area contributed by atoms with Crippen molar-refractivity contribution >= 4 is 11.6 Å². The minimum Gasteiger partial charge on any atom is -0.307 e. The number of aryl methyl sites for hydroxylation is 1. The van der Waals surface area contributed by atoms with E-state index in [-0.39, 0.29) is 5.91 Å². The van der Waals surface area contributed by atoms with Crippen LogP contribution in [-0.2, 0) is 19.9 Å². The molecule has 5 nitrogen and oxygen atoms in total. The summed E-state index contributed by atoms with van der Waals surface area (Å²) in [7, 11) is 1.82. The minimum absolute atomic E-state index is 0.0292. The molecule has 1 amide bonds. The van der Waals surface area contributed by atoms with Crippen molar-refractivity contribution in [2.75, 3.05) is 24.5 Å². The molecule has 0 atom stereocenters. The lowest BCUT2D eigenvalue weighted by Gasteiger charge is -2.36. The number of benzene rings is 1. The average Bonchev–Trinajstić information content (AvgIpc) is 2.95. The first-order chi connectivity index (χ1) is 13.2.